The summed E-state index contributed by atoms with van der Waals surface area (Å²) in [7, 11) is -1.60. The molecule has 0 aliphatic heterocycles. The quantitative estimate of drug-likeness (QED) is 0.161. The third-order valence-electron chi connectivity index (χ3n) is 5.42. The molecule has 0 spiro atoms. The largest absolute Gasteiger partial charge is 0.377 e. The Bertz CT molecular complexity index is 535. The van der Waals surface area contributed by atoms with Crippen LogP contribution in [0.2, 0.25) is 16.6 Å². The molecule has 0 heterocycles. The van der Waals surface area contributed by atoms with Gasteiger partial charge in [0.25, 0.3) is 0 Å². The van der Waals surface area contributed by atoms with Crippen molar-refractivity contribution in [1.82, 2.24) is 0 Å². The molecule has 1 unspecified atom stereocenters. The first-order chi connectivity index (χ1) is 12.3. The smallest absolute Gasteiger partial charge is 0.146 e. The van der Waals surface area contributed by atoms with Crippen LogP contribution in [0.25, 0.3) is 0 Å². The molecule has 26 heavy (non-hydrogen) atoms. The first kappa shape index (κ1) is 23.5. The number of hydrogen-bond acceptors (Lipinski definition) is 1. The summed E-state index contributed by atoms with van der Waals surface area (Å²) < 4.78 is 5.77. The molecule has 0 aromatic heterocycles. The average molecular weight is 438 g/mol. The third-order valence-corrected chi connectivity index (χ3v) is 12.4. The van der Waals surface area contributed by atoms with Crippen LogP contribution in [0.1, 0.15) is 66.4 Å². The summed E-state index contributed by atoms with van der Waals surface area (Å²) in [6, 6.07) is 10.4. The van der Waals surface area contributed by atoms with Crippen molar-refractivity contribution in [2.75, 3.05) is 6.61 Å². The van der Waals surface area contributed by atoms with Gasteiger partial charge in [-0.2, -0.15) is 0 Å². The highest BCUT2D eigenvalue weighted by Crippen LogP contribution is 2.40. The number of unbranched alkanes of at least 4 members (excludes halogenated alkanes) is 1. The summed E-state index contributed by atoms with van der Waals surface area (Å²) in [5.74, 6) is 3.57. The molecule has 0 bridgehead atoms. The van der Waals surface area contributed by atoms with Gasteiger partial charge in [-0.3, -0.25) is 0 Å². The summed E-state index contributed by atoms with van der Waals surface area (Å²) in [5.41, 5.74) is 7.15. The Hall–Kier alpha value is -0.563. The molecule has 0 aliphatic rings. The number of rotatable bonds is 10. The predicted octanol–water partition coefficient (Wildman–Crippen LogP) is 7.36. The van der Waals surface area contributed by atoms with E-state index in [1.54, 1.807) is 0 Å². The van der Waals surface area contributed by atoms with Gasteiger partial charge in [-0.25, -0.2) is 0 Å². The van der Waals surface area contributed by atoms with Crippen molar-refractivity contribution in [3.8, 4) is 11.5 Å². The van der Waals surface area contributed by atoms with Gasteiger partial charge in [-0.1, -0.05) is 93.7 Å². The van der Waals surface area contributed by atoms with Gasteiger partial charge in [-0.05, 0) is 41.4 Å². The summed E-state index contributed by atoms with van der Waals surface area (Å²) in [5, 5.41) is 0. The number of hydrogen-bond donors (Lipinski definition) is 0. The van der Waals surface area contributed by atoms with Crippen LogP contribution in [0.15, 0.2) is 30.3 Å². The van der Waals surface area contributed by atoms with E-state index in [2.05, 4.69) is 93.2 Å². The molecule has 0 aliphatic carbocycles. The Morgan fingerprint density at radius 3 is 2.04 bits per heavy atom. The maximum atomic E-state index is 5.77. The summed E-state index contributed by atoms with van der Waals surface area (Å²) >= 11 is 3.79. The van der Waals surface area contributed by atoms with E-state index in [9.17, 15) is 0 Å². The van der Waals surface area contributed by atoms with E-state index < -0.39 is 8.07 Å². The topological polar surface area (TPSA) is 9.23 Å². The standard InChI is InChI=1S/C23H37BrOSi/c1-19(2)26(20(3)4,21(5)6)17-15-23(24)14-10-11-16-25-18-22-12-8-7-9-13-22/h7-9,12-13,19-21,23H,10-11,14,16,18H2,1-6H3. The highest BCUT2D eigenvalue weighted by Gasteiger charge is 2.41. The Morgan fingerprint density at radius 2 is 1.50 bits per heavy atom. The minimum absolute atomic E-state index is 0.305. The molecule has 1 nitrogen and oxygen atoms in total. The van der Waals surface area contributed by atoms with E-state index in [1.807, 2.05) is 6.07 Å². The third kappa shape index (κ3) is 7.22. The molecule has 3 heteroatoms. The Morgan fingerprint density at radius 1 is 0.923 bits per heavy atom. The van der Waals surface area contributed by atoms with Gasteiger partial charge in [0.1, 0.15) is 8.07 Å². The van der Waals surface area contributed by atoms with E-state index in [-0.39, 0.29) is 0 Å². The van der Waals surface area contributed by atoms with Crippen molar-refractivity contribution < 1.29 is 4.74 Å². The van der Waals surface area contributed by atoms with E-state index >= 15 is 0 Å². The van der Waals surface area contributed by atoms with Crippen molar-refractivity contribution in [2.45, 2.75) is 88.9 Å². The van der Waals surface area contributed by atoms with Gasteiger partial charge < -0.3 is 4.74 Å². The van der Waals surface area contributed by atoms with E-state index in [0.29, 0.717) is 28.1 Å². The van der Waals surface area contributed by atoms with Crippen LogP contribution in [-0.2, 0) is 11.3 Å². The summed E-state index contributed by atoms with van der Waals surface area (Å²) in [6.45, 7) is 15.8. The number of ether oxygens (including phenoxy) is 1. The molecule has 0 N–H and O–H groups in total. The second kappa shape index (κ2) is 12.0. The van der Waals surface area contributed by atoms with Crippen molar-refractivity contribution in [1.29, 1.82) is 0 Å². The number of benzene rings is 1. The Kier molecular flexibility index (Phi) is 10.8. The van der Waals surface area contributed by atoms with Crippen molar-refractivity contribution in [3.05, 3.63) is 35.9 Å². The van der Waals surface area contributed by atoms with Gasteiger partial charge >= 0.3 is 0 Å². The molecule has 146 valence electrons. The molecule has 1 atom stereocenters. The fourth-order valence-corrected chi connectivity index (χ4v) is 9.94. The van der Waals surface area contributed by atoms with Gasteiger partial charge in [0, 0.05) is 6.61 Å². The first-order valence-corrected chi connectivity index (χ1v) is 13.2. The fraction of sp³-hybridized carbons (Fsp3) is 0.652. The van der Waals surface area contributed by atoms with Crippen LogP contribution in [0.3, 0.4) is 0 Å². The minimum Gasteiger partial charge on any atom is -0.377 e. The van der Waals surface area contributed by atoms with Crippen molar-refractivity contribution >= 4 is 24.0 Å². The minimum atomic E-state index is -1.60. The maximum absolute atomic E-state index is 5.77. The monoisotopic (exact) mass is 436 g/mol. The van der Waals surface area contributed by atoms with Crippen LogP contribution in [0.5, 0.6) is 0 Å². The molecule has 1 aromatic carbocycles. The molecule has 1 rings (SSSR count). The zero-order chi connectivity index (χ0) is 19.6. The van der Waals surface area contributed by atoms with Gasteiger partial charge in [0.2, 0.25) is 0 Å². The molecular formula is C23H37BrOSi. The lowest BCUT2D eigenvalue weighted by Crippen LogP contribution is -2.43. The number of halogens is 1. The molecule has 0 saturated heterocycles. The molecule has 0 fully saturated rings. The van der Waals surface area contributed by atoms with E-state index in [1.165, 1.54) is 5.56 Å². The number of alkyl halides is 1. The zero-order valence-corrected chi connectivity index (χ0v) is 20.1. The van der Waals surface area contributed by atoms with Crippen LogP contribution in [0, 0.1) is 11.5 Å². The molecule has 0 saturated carbocycles. The highest BCUT2D eigenvalue weighted by molar-refractivity contribution is 9.09. The normalized spacial score (nSPS) is 13.2. The van der Waals surface area contributed by atoms with Crippen molar-refractivity contribution in [2.24, 2.45) is 0 Å². The zero-order valence-electron chi connectivity index (χ0n) is 17.5. The SMILES string of the molecule is CC(C)[Si](C#CC(Br)CCCCOCc1ccccc1)(C(C)C)C(C)C. The van der Waals surface area contributed by atoms with Gasteiger partial charge in [0.05, 0.1) is 11.4 Å². The first-order valence-electron chi connectivity index (χ1n) is 10.1. The van der Waals surface area contributed by atoms with Gasteiger partial charge in [0.15, 0.2) is 0 Å². The predicted molar refractivity (Wildman–Crippen MR) is 121 cm³/mol. The second-order valence-corrected chi connectivity index (χ2v) is 14.9. The Labute approximate surface area is 171 Å². The second-order valence-electron chi connectivity index (χ2n) is 8.17. The van der Waals surface area contributed by atoms with Gasteiger partial charge in [-0.15, -0.1) is 5.54 Å². The summed E-state index contributed by atoms with van der Waals surface area (Å²) in [4.78, 5) is 0.305. The molecule has 0 amide bonds. The van der Waals surface area contributed by atoms with Crippen LogP contribution in [-0.4, -0.2) is 19.5 Å². The van der Waals surface area contributed by atoms with Crippen LogP contribution in [0.4, 0.5) is 0 Å². The van der Waals surface area contributed by atoms with Crippen LogP contribution >= 0.6 is 15.9 Å². The maximum Gasteiger partial charge on any atom is 0.146 e. The molecule has 0 radical (unpaired) electrons. The van der Waals surface area contributed by atoms with Crippen LogP contribution < -0.4 is 0 Å². The lowest BCUT2D eigenvalue weighted by Gasteiger charge is -2.38. The lowest BCUT2D eigenvalue weighted by molar-refractivity contribution is 0.117. The molecule has 1 aromatic rings. The van der Waals surface area contributed by atoms with Crippen molar-refractivity contribution in [3.63, 3.8) is 0 Å². The fourth-order valence-electron chi connectivity index (χ4n) is 4.00. The van der Waals surface area contributed by atoms with E-state index in [4.69, 9.17) is 4.74 Å². The highest BCUT2D eigenvalue weighted by atomic mass is 79.9. The summed E-state index contributed by atoms with van der Waals surface area (Å²) in [6.07, 6.45) is 3.34. The lowest BCUT2D eigenvalue weighted by atomic mass is 10.2. The van der Waals surface area contributed by atoms with E-state index in [0.717, 1.165) is 25.9 Å². The average Bonchev–Trinajstić information content (AvgIpc) is 2.58. The molecular weight excluding hydrogens is 400 g/mol. The Balaban J connectivity index is 2.39.